The second-order valence-electron chi connectivity index (χ2n) is 6.76. The van der Waals surface area contributed by atoms with E-state index in [0.29, 0.717) is 29.7 Å². The largest absolute Gasteiger partial charge is 0.365 e. The quantitative estimate of drug-likeness (QED) is 0.674. The highest BCUT2D eigenvalue weighted by atomic mass is 35.5. The average molecular weight is 388 g/mol. The van der Waals surface area contributed by atoms with Gasteiger partial charge in [-0.25, -0.2) is 0 Å². The predicted molar refractivity (Wildman–Crippen MR) is 104 cm³/mol. The number of hydrogen-bond acceptors (Lipinski definition) is 2. The van der Waals surface area contributed by atoms with Crippen molar-refractivity contribution in [2.24, 2.45) is 0 Å². The van der Waals surface area contributed by atoms with Crippen LogP contribution in [0.5, 0.6) is 0 Å². The van der Waals surface area contributed by atoms with Gasteiger partial charge in [0.1, 0.15) is 0 Å². The minimum absolute atomic E-state index is 0.00264. The van der Waals surface area contributed by atoms with Gasteiger partial charge in [0, 0.05) is 29.2 Å². The molecule has 0 saturated carbocycles. The lowest BCUT2D eigenvalue weighted by Gasteiger charge is -2.39. The molecule has 2 aromatic rings. The van der Waals surface area contributed by atoms with Crippen molar-refractivity contribution in [2.75, 3.05) is 13.1 Å². The number of rotatable bonds is 2. The first-order chi connectivity index (χ1) is 12.6. The molecule has 4 rings (SSSR count). The maximum Gasteiger partial charge on any atom is 0.246 e. The number of halogens is 2. The van der Waals surface area contributed by atoms with Crippen LogP contribution < -0.4 is 0 Å². The molecule has 2 heterocycles. The summed E-state index contributed by atoms with van der Waals surface area (Å²) in [6, 6.07) is 13.6. The molecule has 0 radical (unpaired) electrons. The van der Waals surface area contributed by atoms with Crippen LogP contribution in [-0.2, 0) is 21.7 Å². The van der Waals surface area contributed by atoms with Gasteiger partial charge in [0.25, 0.3) is 0 Å². The Hall–Kier alpha value is -1.81. The number of amides is 1. The van der Waals surface area contributed by atoms with Crippen LogP contribution >= 0.6 is 23.2 Å². The predicted octanol–water partition coefficient (Wildman–Crippen LogP) is 5.05. The summed E-state index contributed by atoms with van der Waals surface area (Å²) < 4.78 is 6.15. The summed E-state index contributed by atoms with van der Waals surface area (Å²) in [6.45, 7) is 2.04. The number of likely N-dealkylation sites (tertiary alicyclic amines) is 1. The Balaban J connectivity index is 1.42. The van der Waals surface area contributed by atoms with Gasteiger partial charge in [0.15, 0.2) is 0 Å². The third-order valence-electron chi connectivity index (χ3n) is 5.26. The van der Waals surface area contributed by atoms with Crippen molar-refractivity contribution in [1.29, 1.82) is 0 Å². The van der Waals surface area contributed by atoms with Gasteiger partial charge in [-0.3, -0.25) is 4.79 Å². The van der Waals surface area contributed by atoms with Gasteiger partial charge < -0.3 is 9.64 Å². The highest BCUT2D eigenvalue weighted by Gasteiger charge is 2.42. The Bertz CT molecular complexity index is 870. The zero-order valence-corrected chi connectivity index (χ0v) is 15.8. The maximum atomic E-state index is 12.5. The molecule has 26 heavy (non-hydrogen) atoms. The van der Waals surface area contributed by atoms with E-state index in [-0.39, 0.29) is 11.5 Å². The molecule has 2 aliphatic rings. The van der Waals surface area contributed by atoms with Crippen molar-refractivity contribution < 1.29 is 9.53 Å². The lowest BCUT2D eigenvalue weighted by Crippen LogP contribution is -2.44. The molecule has 0 aromatic heterocycles. The highest BCUT2D eigenvalue weighted by molar-refractivity contribution is 6.35. The van der Waals surface area contributed by atoms with Gasteiger partial charge in [-0.1, -0.05) is 53.5 Å². The van der Waals surface area contributed by atoms with Crippen molar-refractivity contribution >= 4 is 35.2 Å². The number of carbonyl (C=O) groups is 1. The van der Waals surface area contributed by atoms with E-state index in [9.17, 15) is 4.79 Å². The van der Waals surface area contributed by atoms with Gasteiger partial charge in [-0.05, 0) is 47.7 Å². The molecule has 0 aliphatic carbocycles. The molecule has 1 fully saturated rings. The second-order valence-corrected chi connectivity index (χ2v) is 7.61. The molecule has 0 atom stereocenters. The van der Waals surface area contributed by atoms with Gasteiger partial charge in [-0.2, -0.15) is 0 Å². The fourth-order valence-corrected chi connectivity index (χ4v) is 4.26. The minimum atomic E-state index is -0.226. The van der Waals surface area contributed by atoms with Crippen LogP contribution in [0.2, 0.25) is 10.0 Å². The normalized spacial score (nSPS) is 18.5. The molecule has 0 bridgehead atoms. The van der Waals surface area contributed by atoms with Crippen LogP contribution in [0, 0.1) is 0 Å². The zero-order valence-electron chi connectivity index (χ0n) is 14.3. The Kier molecular flexibility index (Phi) is 4.78. The number of ether oxygens (including phenoxy) is 1. The SMILES string of the molecule is O=C(C=Cc1ccc(Cl)cc1Cl)N1CCC2(CC1)OCc1ccccc12. The van der Waals surface area contributed by atoms with Crippen LogP contribution in [0.15, 0.2) is 48.5 Å². The number of benzene rings is 2. The van der Waals surface area contributed by atoms with E-state index in [4.69, 9.17) is 27.9 Å². The van der Waals surface area contributed by atoms with Crippen molar-refractivity contribution in [2.45, 2.75) is 25.0 Å². The lowest BCUT2D eigenvalue weighted by atomic mass is 9.84. The highest BCUT2D eigenvalue weighted by Crippen LogP contribution is 2.43. The second kappa shape index (κ2) is 7.07. The van der Waals surface area contributed by atoms with Crippen molar-refractivity contribution in [3.8, 4) is 0 Å². The lowest BCUT2D eigenvalue weighted by molar-refractivity contribution is -0.133. The number of carbonyl (C=O) groups excluding carboxylic acids is 1. The van der Waals surface area contributed by atoms with Gasteiger partial charge in [0.2, 0.25) is 5.91 Å². The molecular formula is C21H19Cl2NO2. The van der Waals surface area contributed by atoms with Crippen LogP contribution in [0.1, 0.15) is 29.5 Å². The van der Waals surface area contributed by atoms with E-state index < -0.39 is 0 Å². The van der Waals surface area contributed by atoms with E-state index in [2.05, 4.69) is 18.2 Å². The summed E-state index contributed by atoms with van der Waals surface area (Å²) in [7, 11) is 0. The van der Waals surface area contributed by atoms with E-state index in [1.54, 1.807) is 24.3 Å². The Morgan fingerprint density at radius 2 is 1.88 bits per heavy atom. The summed E-state index contributed by atoms with van der Waals surface area (Å²) in [4.78, 5) is 14.4. The first kappa shape index (κ1) is 17.6. The Morgan fingerprint density at radius 3 is 2.65 bits per heavy atom. The molecule has 0 N–H and O–H groups in total. The smallest absolute Gasteiger partial charge is 0.246 e. The standard InChI is InChI=1S/C21H19Cl2NO2/c22-17-7-5-15(19(23)13-17)6-8-20(25)24-11-9-21(10-12-24)18-4-2-1-3-16(18)14-26-21/h1-8,13H,9-12,14H2. The van der Waals surface area contributed by atoms with Crippen LogP contribution in [0.25, 0.3) is 6.08 Å². The third-order valence-corrected chi connectivity index (χ3v) is 5.83. The van der Waals surface area contributed by atoms with E-state index in [1.807, 2.05) is 17.0 Å². The number of fused-ring (bicyclic) bond motifs is 2. The topological polar surface area (TPSA) is 29.5 Å². The van der Waals surface area contributed by atoms with E-state index in [0.717, 1.165) is 18.4 Å². The monoisotopic (exact) mass is 387 g/mol. The Morgan fingerprint density at radius 1 is 1.12 bits per heavy atom. The molecule has 3 nitrogen and oxygen atoms in total. The minimum Gasteiger partial charge on any atom is -0.365 e. The van der Waals surface area contributed by atoms with Gasteiger partial charge in [0.05, 0.1) is 12.2 Å². The molecule has 2 aliphatic heterocycles. The molecule has 1 spiro atoms. The Labute approximate surface area is 163 Å². The molecule has 2 aromatic carbocycles. The molecule has 1 saturated heterocycles. The summed E-state index contributed by atoms with van der Waals surface area (Å²) >= 11 is 12.1. The van der Waals surface area contributed by atoms with Crippen molar-refractivity contribution in [3.05, 3.63) is 75.3 Å². The summed E-state index contributed by atoms with van der Waals surface area (Å²) in [5.74, 6) is -0.00264. The third kappa shape index (κ3) is 3.27. The molecular weight excluding hydrogens is 369 g/mol. The van der Waals surface area contributed by atoms with E-state index >= 15 is 0 Å². The van der Waals surface area contributed by atoms with Crippen LogP contribution in [0.3, 0.4) is 0 Å². The van der Waals surface area contributed by atoms with Crippen LogP contribution in [0.4, 0.5) is 0 Å². The maximum absolute atomic E-state index is 12.5. The summed E-state index contributed by atoms with van der Waals surface area (Å²) in [6.07, 6.45) is 4.97. The number of hydrogen-bond donors (Lipinski definition) is 0. The average Bonchev–Trinajstić information content (AvgIpc) is 3.00. The fourth-order valence-electron chi connectivity index (χ4n) is 3.79. The molecule has 134 valence electrons. The number of nitrogens with zero attached hydrogens (tertiary/aromatic N) is 1. The van der Waals surface area contributed by atoms with Gasteiger partial charge in [-0.15, -0.1) is 0 Å². The molecule has 5 heteroatoms. The first-order valence-electron chi connectivity index (χ1n) is 8.72. The summed E-state index contributed by atoms with van der Waals surface area (Å²) in [5, 5.41) is 1.12. The zero-order chi connectivity index (χ0) is 18.1. The van der Waals surface area contributed by atoms with E-state index in [1.165, 1.54) is 11.1 Å². The molecule has 0 unspecified atom stereocenters. The van der Waals surface area contributed by atoms with Crippen LogP contribution in [-0.4, -0.2) is 23.9 Å². The molecule has 1 amide bonds. The summed E-state index contributed by atoms with van der Waals surface area (Å²) in [5.41, 5.74) is 3.11. The fraction of sp³-hybridized carbons (Fsp3) is 0.286. The van der Waals surface area contributed by atoms with Gasteiger partial charge >= 0.3 is 0 Å². The first-order valence-corrected chi connectivity index (χ1v) is 9.47. The van der Waals surface area contributed by atoms with Crippen molar-refractivity contribution in [1.82, 2.24) is 4.90 Å². The number of piperidine rings is 1. The van der Waals surface area contributed by atoms with Crippen molar-refractivity contribution in [3.63, 3.8) is 0 Å².